The van der Waals surface area contributed by atoms with E-state index in [1.165, 1.54) is 48.6 Å². The highest BCUT2D eigenvalue weighted by Gasteiger charge is 2.28. The van der Waals surface area contributed by atoms with Crippen LogP contribution in [0, 0.1) is 20.2 Å². The van der Waals surface area contributed by atoms with Crippen molar-refractivity contribution in [2.45, 2.75) is 25.0 Å². The molecule has 0 aliphatic carbocycles. The Hall–Kier alpha value is -2.92. The Balaban J connectivity index is 1.58. The number of rotatable bonds is 20. The van der Waals surface area contributed by atoms with E-state index >= 15 is 0 Å². The molecular weight excluding hydrogens is 963 g/mol. The van der Waals surface area contributed by atoms with Gasteiger partial charge in [0, 0.05) is 60.4 Å². The van der Waals surface area contributed by atoms with Gasteiger partial charge in [-0.15, -0.1) is 0 Å². The molecule has 0 fully saturated rings. The summed E-state index contributed by atoms with van der Waals surface area (Å²) in [6.45, 7) is -0.0657. The maximum Gasteiger partial charge on any atom is 0.287 e. The molecular formula is C34H24Cl10N4O9. The number of nitro groups is 2. The molecule has 0 radical (unpaired) electrons. The fraction of sp³-hybridized carbons (Fsp3) is 0.235. The topological polar surface area (TPSA) is 158 Å². The minimum Gasteiger partial charge on any atom is -0.488 e. The molecule has 0 aliphatic heterocycles. The first-order valence-corrected chi connectivity index (χ1v) is 19.6. The number of hydrogen-bond donors (Lipinski definition) is 0. The first kappa shape index (κ1) is 46.8. The zero-order valence-electron chi connectivity index (χ0n) is 28.4. The average molecular weight is 987 g/mol. The van der Waals surface area contributed by atoms with Gasteiger partial charge in [0.15, 0.2) is 0 Å². The van der Waals surface area contributed by atoms with Gasteiger partial charge >= 0.3 is 0 Å². The molecule has 2 heterocycles. The van der Waals surface area contributed by atoms with Crippen LogP contribution in [-0.2, 0) is 4.74 Å². The Labute approximate surface area is 374 Å². The highest BCUT2D eigenvalue weighted by molar-refractivity contribution is 6.56. The average Bonchev–Trinajstić information content (AvgIpc) is 3.15. The third kappa shape index (κ3) is 13.6. The van der Waals surface area contributed by atoms with Gasteiger partial charge < -0.3 is 23.7 Å². The Kier molecular flexibility index (Phi) is 18.4. The molecule has 0 N–H and O–H groups in total. The van der Waals surface area contributed by atoms with Gasteiger partial charge in [-0.05, 0) is 12.2 Å². The summed E-state index contributed by atoms with van der Waals surface area (Å²) >= 11 is 62.6. The third-order valence-electron chi connectivity index (χ3n) is 7.36. The van der Waals surface area contributed by atoms with Crippen molar-refractivity contribution in [2.24, 2.45) is 0 Å². The van der Waals surface area contributed by atoms with Gasteiger partial charge in [-0.3, -0.25) is 20.2 Å². The Bertz CT molecular complexity index is 1970. The summed E-state index contributed by atoms with van der Waals surface area (Å²) in [4.78, 5) is 29.2. The number of pyridine rings is 2. The van der Waals surface area contributed by atoms with Crippen molar-refractivity contribution >= 4 is 127 Å². The predicted octanol–water partition coefficient (Wildman–Crippen LogP) is 13.3. The molecule has 2 unspecified atom stereocenters. The van der Waals surface area contributed by atoms with Crippen molar-refractivity contribution < 1.29 is 33.5 Å². The lowest BCUT2D eigenvalue weighted by Gasteiger charge is -2.24. The molecule has 0 saturated heterocycles. The molecule has 304 valence electrons. The van der Waals surface area contributed by atoms with Gasteiger partial charge in [0.25, 0.3) is 11.4 Å². The van der Waals surface area contributed by atoms with Gasteiger partial charge in [0.05, 0.1) is 43.2 Å². The normalized spacial score (nSPS) is 12.0. The van der Waals surface area contributed by atoms with Crippen molar-refractivity contribution in [1.82, 2.24) is 9.97 Å². The lowest BCUT2D eigenvalue weighted by molar-refractivity contribution is -0.385. The van der Waals surface area contributed by atoms with E-state index in [2.05, 4.69) is 9.97 Å². The first-order chi connectivity index (χ1) is 27.1. The molecule has 0 bridgehead atoms. The maximum atomic E-state index is 11.2. The van der Waals surface area contributed by atoms with Crippen LogP contribution in [0.1, 0.15) is 36.2 Å². The van der Waals surface area contributed by atoms with Crippen LogP contribution in [0.15, 0.2) is 69.9 Å². The monoisotopic (exact) mass is 982 g/mol. The Morgan fingerprint density at radius 1 is 0.632 bits per heavy atom. The lowest BCUT2D eigenvalue weighted by Crippen LogP contribution is -2.16. The van der Waals surface area contributed by atoms with E-state index in [0.717, 1.165) is 12.4 Å². The number of aromatic nitrogens is 2. The quantitative estimate of drug-likeness (QED) is 0.0359. The van der Waals surface area contributed by atoms with Gasteiger partial charge in [-0.2, -0.15) is 0 Å². The molecule has 13 nitrogen and oxygen atoms in total. The van der Waals surface area contributed by atoms with Crippen molar-refractivity contribution in [3.05, 3.63) is 131 Å². The SMILES string of the molecule is O=[N+]([O-])c1ccc(OC(CCOCCC(Oc2ccc([N+](=O)[O-])cn2)c2c(Cl)cc(OCC=C(Cl)Cl)c(Cl)c2Cl)c2c(Cl)cc(OCC=C(Cl)Cl)c(Cl)c2Cl)nc1. The summed E-state index contributed by atoms with van der Waals surface area (Å²) in [5.41, 5.74) is -0.0244. The summed E-state index contributed by atoms with van der Waals surface area (Å²) in [6.07, 6.45) is 3.09. The van der Waals surface area contributed by atoms with Crippen LogP contribution < -0.4 is 18.9 Å². The van der Waals surface area contributed by atoms with E-state index < -0.39 is 22.1 Å². The molecule has 0 saturated carbocycles. The zero-order valence-corrected chi connectivity index (χ0v) is 36.0. The van der Waals surface area contributed by atoms with Crippen molar-refractivity contribution in [2.75, 3.05) is 26.4 Å². The van der Waals surface area contributed by atoms with Gasteiger partial charge in [0.2, 0.25) is 11.8 Å². The molecule has 2 aromatic carbocycles. The van der Waals surface area contributed by atoms with Crippen molar-refractivity contribution in [1.29, 1.82) is 0 Å². The standard InChI is InChI=1S/C34H24Cl10N4O9/c35-19-13-23(54-11-7-25(37)38)31(41)33(43)29(19)21(56-27-3-1-17(15-45-27)47(49)50)5-9-53-10-6-22(57-28-4-2-18(16-46-28)48(51)52)30-20(36)14-24(32(42)34(30)44)55-12-8-26(39)40/h1-4,7-8,13-16,21-22H,5-6,9-12H2. The number of ether oxygens (including phenoxy) is 5. The first-order valence-electron chi connectivity index (χ1n) is 15.8. The van der Waals surface area contributed by atoms with Crippen LogP contribution in [0.3, 0.4) is 0 Å². The fourth-order valence-electron chi connectivity index (χ4n) is 4.76. The molecule has 0 aliphatic rings. The minimum absolute atomic E-state index is 0.00401. The second-order valence-electron chi connectivity index (χ2n) is 11.0. The molecule has 23 heteroatoms. The van der Waals surface area contributed by atoms with E-state index in [-0.39, 0.29) is 124 Å². The van der Waals surface area contributed by atoms with Crippen molar-refractivity contribution in [3.8, 4) is 23.3 Å². The summed E-state index contributed by atoms with van der Waals surface area (Å²) in [5, 5.41) is 22.6. The van der Waals surface area contributed by atoms with E-state index in [1.807, 2.05) is 0 Å². The number of hydrogen-bond acceptors (Lipinski definition) is 11. The van der Waals surface area contributed by atoms with Crippen LogP contribution in [0.4, 0.5) is 11.4 Å². The summed E-state index contributed by atoms with van der Waals surface area (Å²) < 4.78 is 29.4. The highest BCUT2D eigenvalue weighted by Crippen LogP contribution is 2.46. The second kappa shape index (κ2) is 22.5. The Morgan fingerprint density at radius 3 is 1.33 bits per heavy atom. The molecule has 0 spiro atoms. The zero-order chi connectivity index (χ0) is 41.8. The largest absolute Gasteiger partial charge is 0.488 e. The van der Waals surface area contributed by atoms with Crippen molar-refractivity contribution in [3.63, 3.8) is 0 Å². The summed E-state index contributed by atoms with van der Waals surface area (Å²) in [5.74, 6) is 0.282. The van der Waals surface area contributed by atoms with Gasteiger partial charge in [-0.25, -0.2) is 9.97 Å². The lowest BCUT2D eigenvalue weighted by atomic mass is 10.1. The molecule has 4 aromatic rings. The molecule has 2 aromatic heterocycles. The van der Waals surface area contributed by atoms with E-state index in [4.69, 9.17) is 140 Å². The number of halogens is 10. The Morgan fingerprint density at radius 2 is 1.02 bits per heavy atom. The summed E-state index contributed by atoms with van der Waals surface area (Å²) in [7, 11) is 0. The van der Waals surface area contributed by atoms with Crippen LogP contribution in [-0.4, -0.2) is 46.2 Å². The predicted molar refractivity (Wildman–Crippen MR) is 222 cm³/mol. The van der Waals surface area contributed by atoms with Crippen LogP contribution in [0.2, 0.25) is 30.1 Å². The minimum atomic E-state index is -0.960. The second-order valence-corrected chi connectivity index (χ2v) is 15.4. The number of nitrogens with zero attached hydrogens (tertiary/aromatic N) is 4. The van der Waals surface area contributed by atoms with E-state index in [0.29, 0.717) is 0 Å². The molecule has 57 heavy (non-hydrogen) atoms. The molecule has 2 atom stereocenters. The van der Waals surface area contributed by atoms with E-state index in [9.17, 15) is 20.2 Å². The number of benzene rings is 2. The van der Waals surface area contributed by atoms with Crippen LogP contribution in [0.5, 0.6) is 23.3 Å². The molecule has 0 amide bonds. The molecule has 4 rings (SSSR count). The summed E-state index contributed by atoms with van der Waals surface area (Å²) in [6, 6.07) is 7.89. The van der Waals surface area contributed by atoms with Crippen LogP contribution in [0.25, 0.3) is 0 Å². The third-order valence-corrected chi connectivity index (χ3v) is 10.3. The van der Waals surface area contributed by atoms with Gasteiger partial charge in [0.1, 0.15) is 68.3 Å². The highest BCUT2D eigenvalue weighted by atomic mass is 35.5. The maximum absolute atomic E-state index is 11.2. The smallest absolute Gasteiger partial charge is 0.287 e. The van der Waals surface area contributed by atoms with Gasteiger partial charge in [-0.1, -0.05) is 116 Å². The van der Waals surface area contributed by atoms with Crippen LogP contribution >= 0.6 is 116 Å². The van der Waals surface area contributed by atoms with E-state index in [1.54, 1.807) is 0 Å². The fourth-order valence-corrected chi connectivity index (χ4v) is 6.80.